The number of aliphatic hydroxyl groups excluding tert-OH is 1. The van der Waals surface area contributed by atoms with Gasteiger partial charge >= 0.3 is 5.97 Å². The molecule has 1 fully saturated rings. The molecule has 1 aromatic rings. The topological polar surface area (TPSA) is 68.3 Å². The van der Waals surface area contributed by atoms with Crippen LogP contribution in [0.5, 0.6) is 0 Å². The molecule has 1 aromatic carbocycles. The van der Waals surface area contributed by atoms with Gasteiger partial charge < -0.3 is 19.3 Å². The fraction of sp³-hybridized carbons (Fsp3) is 0.550. The predicted octanol–water partition coefficient (Wildman–Crippen LogP) is 2.72. The molecular weight excluding hydrogens is 320 g/mol. The van der Waals surface area contributed by atoms with Gasteiger partial charge in [0.25, 0.3) is 0 Å². The molecule has 0 aliphatic carbocycles. The second kappa shape index (κ2) is 9.70. The molecule has 1 N–H and O–H groups in total. The Labute approximate surface area is 149 Å². The summed E-state index contributed by atoms with van der Waals surface area (Å²) < 4.78 is 16.1. The van der Waals surface area contributed by atoms with Crippen LogP contribution in [-0.4, -0.2) is 42.6 Å². The molecule has 1 aliphatic heterocycles. The number of ether oxygens (including phenoxy) is 3. The normalized spacial score (nSPS) is 23.2. The lowest BCUT2D eigenvalue weighted by atomic mass is 9.90. The maximum Gasteiger partial charge on any atom is 0.330 e. The Morgan fingerprint density at radius 1 is 1.32 bits per heavy atom. The lowest BCUT2D eigenvalue weighted by Crippen LogP contribution is -2.32. The zero-order valence-electron chi connectivity index (χ0n) is 15.1. The molecule has 2 rings (SSSR count). The maximum atomic E-state index is 11.3. The fourth-order valence-corrected chi connectivity index (χ4v) is 2.83. The maximum absolute atomic E-state index is 11.3. The molecule has 5 atom stereocenters. The van der Waals surface area contributed by atoms with Crippen molar-refractivity contribution in [1.29, 1.82) is 0 Å². The summed E-state index contributed by atoms with van der Waals surface area (Å²) in [6, 6.07) is 9.96. The quantitative estimate of drug-likeness (QED) is 0.400. The third-order valence-corrected chi connectivity index (χ3v) is 4.40. The molecule has 1 heterocycles. The van der Waals surface area contributed by atoms with Crippen molar-refractivity contribution in [3.63, 3.8) is 0 Å². The monoisotopic (exact) mass is 348 g/mol. The zero-order chi connectivity index (χ0) is 18.2. The minimum absolute atomic E-state index is 0.00222. The van der Waals surface area contributed by atoms with Gasteiger partial charge in [0.1, 0.15) is 6.10 Å². The van der Waals surface area contributed by atoms with Crippen LogP contribution in [0.3, 0.4) is 0 Å². The van der Waals surface area contributed by atoms with Crippen LogP contribution in [-0.2, 0) is 25.6 Å². The van der Waals surface area contributed by atoms with E-state index in [1.54, 1.807) is 13.0 Å². The highest BCUT2D eigenvalue weighted by molar-refractivity contribution is 5.82. The second-order valence-electron chi connectivity index (χ2n) is 6.50. The summed E-state index contributed by atoms with van der Waals surface area (Å²) in [5.41, 5.74) is 1.12. The molecule has 0 amide bonds. The first-order valence-corrected chi connectivity index (χ1v) is 8.83. The van der Waals surface area contributed by atoms with Gasteiger partial charge in [0.15, 0.2) is 0 Å². The number of hydrogen-bond acceptors (Lipinski definition) is 5. The van der Waals surface area contributed by atoms with Crippen molar-refractivity contribution in [3.8, 4) is 0 Å². The third-order valence-electron chi connectivity index (χ3n) is 4.40. The summed E-state index contributed by atoms with van der Waals surface area (Å²) in [5.74, 6) is -0.405. The van der Waals surface area contributed by atoms with Crippen LogP contribution in [0.15, 0.2) is 42.5 Å². The Balaban J connectivity index is 1.70. The predicted molar refractivity (Wildman–Crippen MR) is 94.9 cm³/mol. The smallest absolute Gasteiger partial charge is 0.330 e. The molecule has 138 valence electrons. The van der Waals surface area contributed by atoms with Gasteiger partial charge in [-0.15, -0.1) is 0 Å². The van der Waals surface area contributed by atoms with Crippen LogP contribution in [0.25, 0.3) is 0 Å². The number of rotatable bonds is 10. The van der Waals surface area contributed by atoms with E-state index in [0.717, 1.165) is 5.56 Å². The van der Waals surface area contributed by atoms with Crippen LogP contribution in [0.2, 0.25) is 0 Å². The first-order chi connectivity index (χ1) is 12.0. The average Bonchev–Trinajstić information content (AvgIpc) is 3.39. The molecule has 0 bridgehead atoms. The first kappa shape index (κ1) is 19.6. The number of carbonyl (C=O) groups excluding carboxylic acids is 1. The molecule has 5 heteroatoms. The number of hydrogen-bond donors (Lipinski definition) is 1. The highest BCUT2D eigenvalue weighted by atomic mass is 16.6. The van der Waals surface area contributed by atoms with E-state index in [4.69, 9.17) is 14.2 Å². The van der Waals surface area contributed by atoms with Crippen molar-refractivity contribution < 1.29 is 24.1 Å². The standard InChI is InChI=1S/C20H28O5/c1-4-24-18(21)11-10-17-20(25-17)15(3)19(22)14(2)12-23-13-16-8-6-5-7-9-16/h5-11,14-15,17,19-20,22H,4,12-13H2,1-3H3/b11-10+/t14-,15-,17-,19-,20-/m1/s1. The van der Waals surface area contributed by atoms with Gasteiger partial charge in [-0.3, -0.25) is 0 Å². The molecule has 0 saturated carbocycles. The van der Waals surface area contributed by atoms with E-state index in [1.165, 1.54) is 6.08 Å². The summed E-state index contributed by atoms with van der Waals surface area (Å²) in [6.45, 7) is 7.07. The number of aliphatic hydroxyl groups is 1. The summed E-state index contributed by atoms with van der Waals surface area (Å²) in [6.07, 6.45) is 2.35. The van der Waals surface area contributed by atoms with Crippen molar-refractivity contribution in [2.24, 2.45) is 11.8 Å². The van der Waals surface area contributed by atoms with Crippen LogP contribution in [0.4, 0.5) is 0 Å². The van der Waals surface area contributed by atoms with Gasteiger partial charge in [0, 0.05) is 17.9 Å². The minimum atomic E-state index is -0.526. The van der Waals surface area contributed by atoms with Gasteiger partial charge in [-0.05, 0) is 18.6 Å². The number of epoxide rings is 1. The first-order valence-electron chi connectivity index (χ1n) is 8.83. The highest BCUT2D eigenvalue weighted by Gasteiger charge is 2.44. The number of carbonyl (C=O) groups is 1. The Hall–Kier alpha value is -1.69. The van der Waals surface area contributed by atoms with Crippen LogP contribution in [0.1, 0.15) is 26.3 Å². The van der Waals surface area contributed by atoms with E-state index in [1.807, 2.05) is 44.2 Å². The van der Waals surface area contributed by atoms with Gasteiger partial charge in [-0.25, -0.2) is 4.79 Å². The molecule has 0 unspecified atom stereocenters. The Bertz CT molecular complexity index is 556. The van der Waals surface area contributed by atoms with E-state index in [9.17, 15) is 9.90 Å². The van der Waals surface area contributed by atoms with Crippen molar-refractivity contribution in [2.75, 3.05) is 13.2 Å². The summed E-state index contributed by atoms with van der Waals surface area (Å²) >= 11 is 0. The number of esters is 1. The zero-order valence-corrected chi connectivity index (χ0v) is 15.1. The van der Waals surface area contributed by atoms with Gasteiger partial charge in [0.05, 0.1) is 32.0 Å². The third kappa shape index (κ3) is 6.27. The van der Waals surface area contributed by atoms with Crippen LogP contribution >= 0.6 is 0 Å². The lowest BCUT2D eigenvalue weighted by Gasteiger charge is -2.23. The van der Waals surface area contributed by atoms with E-state index in [2.05, 4.69) is 0 Å². The van der Waals surface area contributed by atoms with E-state index >= 15 is 0 Å². The summed E-state index contributed by atoms with van der Waals surface area (Å²) in [7, 11) is 0. The number of benzene rings is 1. The molecule has 5 nitrogen and oxygen atoms in total. The van der Waals surface area contributed by atoms with Crippen LogP contribution in [0, 0.1) is 11.8 Å². The van der Waals surface area contributed by atoms with Gasteiger partial charge in [-0.2, -0.15) is 0 Å². The minimum Gasteiger partial charge on any atom is -0.463 e. The lowest BCUT2D eigenvalue weighted by molar-refractivity contribution is -0.137. The molecular formula is C20H28O5. The van der Waals surface area contributed by atoms with Crippen molar-refractivity contribution in [1.82, 2.24) is 0 Å². The van der Waals surface area contributed by atoms with Crippen molar-refractivity contribution >= 4 is 5.97 Å². The van der Waals surface area contributed by atoms with E-state index in [0.29, 0.717) is 19.8 Å². The molecule has 1 saturated heterocycles. The molecule has 0 spiro atoms. The van der Waals surface area contributed by atoms with E-state index < -0.39 is 6.10 Å². The molecule has 0 radical (unpaired) electrons. The average molecular weight is 348 g/mol. The highest BCUT2D eigenvalue weighted by Crippen LogP contribution is 2.34. The van der Waals surface area contributed by atoms with E-state index in [-0.39, 0.29) is 30.0 Å². The molecule has 1 aliphatic rings. The van der Waals surface area contributed by atoms with Crippen molar-refractivity contribution in [2.45, 2.75) is 45.7 Å². The summed E-state index contributed by atoms with van der Waals surface area (Å²) in [4.78, 5) is 11.3. The SMILES string of the molecule is CCOC(=O)/C=C/[C@H]1O[C@@H]1[C@H](C)[C@H](O)[C@H](C)COCc1ccccc1. The van der Waals surface area contributed by atoms with Crippen LogP contribution < -0.4 is 0 Å². The Kier molecular flexibility index (Phi) is 7.62. The Morgan fingerprint density at radius 3 is 2.72 bits per heavy atom. The fourth-order valence-electron chi connectivity index (χ4n) is 2.83. The van der Waals surface area contributed by atoms with Gasteiger partial charge in [0.2, 0.25) is 0 Å². The summed E-state index contributed by atoms with van der Waals surface area (Å²) in [5, 5.41) is 10.5. The largest absolute Gasteiger partial charge is 0.463 e. The van der Waals surface area contributed by atoms with Crippen molar-refractivity contribution in [3.05, 3.63) is 48.0 Å². The Morgan fingerprint density at radius 2 is 2.04 bits per heavy atom. The van der Waals surface area contributed by atoms with Gasteiger partial charge in [-0.1, -0.05) is 44.2 Å². The molecule has 25 heavy (non-hydrogen) atoms. The molecule has 0 aromatic heterocycles. The second-order valence-corrected chi connectivity index (χ2v) is 6.50.